The van der Waals surface area contributed by atoms with Crippen LogP contribution in [0.25, 0.3) is 0 Å². The largest absolute Gasteiger partial charge is 0.481 e. The number of likely N-dealkylation sites (tertiary alicyclic amines) is 1. The number of nitrogens with zero attached hydrogens (tertiary/aromatic N) is 2. The molecule has 1 fully saturated rings. The first kappa shape index (κ1) is 21.2. The molecule has 1 amide bonds. The van der Waals surface area contributed by atoms with Crippen molar-refractivity contribution in [3.63, 3.8) is 0 Å². The average Bonchev–Trinajstić information content (AvgIpc) is 3.07. The summed E-state index contributed by atoms with van der Waals surface area (Å²) in [5, 5.41) is 9.06. The molecule has 150 valence electrons. The normalized spacial score (nSPS) is 20.3. The van der Waals surface area contributed by atoms with Gasteiger partial charge in [-0.15, -0.1) is 0 Å². The summed E-state index contributed by atoms with van der Waals surface area (Å²) in [6.07, 6.45) is -3.62. The Labute approximate surface area is 156 Å². The maximum atomic E-state index is 13.1. The fourth-order valence-corrected chi connectivity index (χ4v) is 3.41. The zero-order chi connectivity index (χ0) is 20.2. The molecule has 5 nitrogen and oxygen atoms in total. The highest BCUT2D eigenvalue weighted by atomic mass is 19.4. The summed E-state index contributed by atoms with van der Waals surface area (Å²) in [5.74, 6) is -5.76. The zero-order valence-corrected chi connectivity index (χ0v) is 15.5. The molecule has 1 N–H and O–H groups in total. The maximum absolute atomic E-state index is 13.1. The third kappa shape index (κ3) is 5.22. The van der Waals surface area contributed by atoms with Crippen molar-refractivity contribution >= 4 is 11.9 Å². The van der Waals surface area contributed by atoms with E-state index in [-0.39, 0.29) is 5.56 Å². The second kappa shape index (κ2) is 8.73. The highest BCUT2D eigenvalue weighted by molar-refractivity contribution is 5.95. The summed E-state index contributed by atoms with van der Waals surface area (Å²) < 4.78 is 39.2. The Morgan fingerprint density at radius 3 is 2.26 bits per heavy atom. The van der Waals surface area contributed by atoms with Crippen molar-refractivity contribution in [1.29, 1.82) is 0 Å². The van der Waals surface area contributed by atoms with E-state index in [0.717, 1.165) is 36.5 Å². The van der Waals surface area contributed by atoms with Crippen LogP contribution in [0.15, 0.2) is 24.3 Å². The van der Waals surface area contributed by atoms with Crippen LogP contribution in [0, 0.1) is 11.8 Å². The van der Waals surface area contributed by atoms with Crippen LogP contribution in [0.4, 0.5) is 13.2 Å². The molecule has 27 heavy (non-hydrogen) atoms. The predicted molar refractivity (Wildman–Crippen MR) is 94.3 cm³/mol. The van der Waals surface area contributed by atoms with E-state index in [9.17, 15) is 22.8 Å². The first-order valence-electron chi connectivity index (χ1n) is 9.07. The fraction of sp³-hybridized carbons (Fsp3) is 0.579. The van der Waals surface area contributed by atoms with Crippen LogP contribution in [-0.2, 0) is 11.3 Å². The Morgan fingerprint density at radius 1 is 1.19 bits per heavy atom. The van der Waals surface area contributed by atoms with Crippen molar-refractivity contribution in [2.75, 3.05) is 26.2 Å². The lowest BCUT2D eigenvalue weighted by atomic mass is 9.96. The minimum absolute atomic E-state index is 0.268. The van der Waals surface area contributed by atoms with E-state index in [1.54, 1.807) is 24.3 Å². The Hall–Kier alpha value is -2.09. The number of hydrogen-bond donors (Lipinski definition) is 1. The molecule has 2 atom stereocenters. The average molecular weight is 386 g/mol. The Balaban J connectivity index is 2.08. The summed E-state index contributed by atoms with van der Waals surface area (Å²) in [7, 11) is 0. The molecule has 1 saturated heterocycles. The maximum Gasteiger partial charge on any atom is 0.394 e. The Kier molecular flexibility index (Phi) is 6.86. The van der Waals surface area contributed by atoms with Crippen molar-refractivity contribution < 1.29 is 27.9 Å². The molecule has 0 unspecified atom stereocenters. The number of carbonyl (C=O) groups is 2. The molecule has 1 aliphatic heterocycles. The van der Waals surface area contributed by atoms with Crippen LogP contribution in [0.5, 0.6) is 0 Å². The van der Waals surface area contributed by atoms with Crippen molar-refractivity contribution in [1.82, 2.24) is 9.80 Å². The molecule has 0 saturated carbocycles. The van der Waals surface area contributed by atoms with Gasteiger partial charge >= 0.3 is 12.1 Å². The standard InChI is InChI=1S/C19H25F3N2O3/c1-3-9-23(4-2)10-13-5-7-14(8-6-13)17(25)24-11-15(18(26)27)16(12-24)19(20,21)22/h5-8,15-16H,3-4,9-12H2,1-2H3,(H,26,27)/t15-,16-/m1/s1. The van der Waals surface area contributed by atoms with Crippen LogP contribution in [0.3, 0.4) is 0 Å². The van der Waals surface area contributed by atoms with Crippen molar-refractivity contribution in [3.8, 4) is 0 Å². The Morgan fingerprint density at radius 2 is 1.81 bits per heavy atom. The molecule has 2 rings (SSSR count). The van der Waals surface area contributed by atoms with Gasteiger partial charge in [-0.1, -0.05) is 26.0 Å². The molecule has 0 radical (unpaired) electrons. The van der Waals surface area contributed by atoms with E-state index in [2.05, 4.69) is 18.7 Å². The van der Waals surface area contributed by atoms with Crippen molar-refractivity contribution in [3.05, 3.63) is 35.4 Å². The monoisotopic (exact) mass is 386 g/mol. The lowest BCUT2D eigenvalue weighted by Gasteiger charge is -2.20. The van der Waals surface area contributed by atoms with Crippen LogP contribution >= 0.6 is 0 Å². The summed E-state index contributed by atoms with van der Waals surface area (Å²) in [6.45, 7) is 5.70. The third-order valence-electron chi connectivity index (χ3n) is 4.94. The molecule has 1 aromatic carbocycles. The number of benzene rings is 1. The number of carboxylic acid groups (broad SMARTS) is 1. The van der Waals surface area contributed by atoms with Crippen LogP contribution in [-0.4, -0.2) is 59.1 Å². The molecule has 8 heteroatoms. The number of aliphatic carboxylic acids is 1. The van der Waals surface area contributed by atoms with Crippen LogP contribution in [0.1, 0.15) is 36.2 Å². The first-order valence-corrected chi connectivity index (χ1v) is 9.07. The minimum Gasteiger partial charge on any atom is -0.481 e. The highest BCUT2D eigenvalue weighted by Crippen LogP contribution is 2.38. The van der Waals surface area contributed by atoms with Gasteiger partial charge in [0.25, 0.3) is 5.91 Å². The number of hydrogen-bond acceptors (Lipinski definition) is 3. The predicted octanol–water partition coefficient (Wildman–Crippen LogP) is 3.25. The van der Waals surface area contributed by atoms with E-state index in [4.69, 9.17) is 5.11 Å². The van der Waals surface area contributed by atoms with E-state index in [1.165, 1.54) is 0 Å². The first-order chi connectivity index (χ1) is 12.7. The minimum atomic E-state index is -4.65. The van der Waals surface area contributed by atoms with Crippen molar-refractivity contribution in [2.24, 2.45) is 11.8 Å². The topological polar surface area (TPSA) is 60.9 Å². The van der Waals surface area contributed by atoms with E-state index < -0.39 is 43.0 Å². The number of halogens is 3. The number of carboxylic acids is 1. The molecule has 1 heterocycles. The van der Waals surface area contributed by atoms with Gasteiger partial charge in [-0.25, -0.2) is 0 Å². The fourth-order valence-electron chi connectivity index (χ4n) is 3.41. The third-order valence-corrected chi connectivity index (χ3v) is 4.94. The van der Waals surface area contributed by atoms with Crippen LogP contribution in [0.2, 0.25) is 0 Å². The number of amides is 1. The summed E-state index contributed by atoms with van der Waals surface area (Å²) >= 11 is 0. The SMILES string of the molecule is CCCN(CC)Cc1ccc(C(=O)N2C[C@@H](C(F)(F)F)[C@H](C(=O)O)C2)cc1. The molecule has 0 spiro atoms. The van der Waals surface area contributed by atoms with Gasteiger partial charge in [-0.2, -0.15) is 13.2 Å². The number of carbonyl (C=O) groups excluding carboxylic acids is 1. The van der Waals surface area contributed by atoms with Gasteiger partial charge in [0, 0.05) is 25.2 Å². The molecule has 1 aromatic rings. The van der Waals surface area contributed by atoms with E-state index >= 15 is 0 Å². The van der Waals surface area contributed by atoms with E-state index in [0.29, 0.717) is 0 Å². The van der Waals surface area contributed by atoms with Crippen LogP contribution < -0.4 is 0 Å². The van der Waals surface area contributed by atoms with Gasteiger partial charge in [0.1, 0.15) is 0 Å². The summed E-state index contributed by atoms with van der Waals surface area (Å²) in [4.78, 5) is 26.9. The molecule has 1 aliphatic rings. The second-order valence-electron chi connectivity index (χ2n) is 6.87. The second-order valence-corrected chi connectivity index (χ2v) is 6.87. The highest BCUT2D eigenvalue weighted by Gasteiger charge is 2.53. The van der Waals surface area contributed by atoms with Gasteiger partial charge in [-0.3, -0.25) is 14.5 Å². The van der Waals surface area contributed by atoms with Gasteiger partial charge in [0.05, 0.1) is 11.8 Å². The van der Waals surface area contributed by atoms with E-state index in [1.807, 2.05) is 0 Å². The quantitative estimate of drug-likeness (QED) is 0.782. The smallest absolute Gasteiger partial charge is 0.394 e. The van der Waals surface area contributed by atoms with Gasteiger partial charge in [-0.05, 0) is 37.2 Å². The zero-order valence-electron chi connectivity index (χ0n) is 15.5. The molecule has 0 bridgehead atoms. The lowest BCUT2D eigenvalue weighted by molar-refractivity contribution is -0.187. The number of rotatable bonds is 7. The van der Waals surface area contributed by atoms with Gasteiger partial charge < -0.3 is 10.0 Å². The summed E-state index contributed by atoms with van der Waals surface area (Å²) in [6, 6.07) is 6.76. The molecule has 0 aliphatic carbocycles. The van der Waals surface area contributed by atoms with Gasteiger partial charge in [0.2, 0.25) is 0 Å². The lowest BCUT2D eigenvalue weighted by Crippen LogP contribution is -2.34. The summed E-state index contributed by atoms with van der Waals surface area (Å²) in [5.41, 5.74) is 1.28. The molecular weight excluding hydrogens is 361 g/mol. The van der Waals surface area contributed by atoms with Gasteiger partial charge in [0.15, 0.2) is 0 Å². The molecule has 0 aromatic heterocycles. The number of alkyl halides is 3. The Bertz CT molecular complexity index is 661. The van der Waals surface area contributed by atoms with Crippen molar-refractivity contribution in [2.45, 2.75) is 33.0 Å². The molecular formula is C19H25F3N2O3.